The number of rotatable bonds is 6. The van der Waals surface area contributed by atoms with E-state index in [2.05, 4.69) is 16.8 Å². The van der Waals surface area contributed by atoms with Gasteiger partial charge in [-0.3, -0.25) is 4.98 Å². The summed E-state index contributed by atoms with van der Waals surface area (Å²) in [6.07, 6.45) is 3.10. The Morgan fingerprint density at radius 3 is 2.59 bits per heavy atom. The molecule has 2 N–H and O–H groups in total. The third-order valence-corrected chi connectivity index (χ3v) is 3.73. The van der Waals surface area contributed by atoms with Crippen molar-refractivity contribution in [1.82, 2.24) is 4.98 Å². The Hall–Kier alpha value is -3.36. The van der Waals surface area contributed by atoms with Gasteiger partial charge in [0.05, 0.1) is 36.2 Å². The van der Waals surface area contributed by atoms with Crippen molar-refractivity contribution in [2.75, 3.05) is 18.9 Å². The van der Waals surface area contributed by atoms with Gasteiger partial charge >= 0.3 is 0 Å². The highest BCUT2D eigenvalue weighted by Gasteiger charge is 2.03. The van der Waals surface area contributed by atoms with Crippen LogP contribution in [0.3, 0.4) is 0 Å². The lowest BCUT2D eigenvalue weighted by atomic mass is 10.1. The molecule has 3 aromatic rings. The molecule has 0 amide bonds. The molecule has 0 spiro atoms. The second-order valence-electron chi connectivity index (χ2n) is 5.74. The van der Waals surface area contributed by atoms with Crippen LogP contribution in [0.15, 0.2) is 67.0 Å². The second kappa shape index (κ2) is 9.37. The number of hydrogen-bond donors (Lipinski definition) is 1. The average molecular weight is 362 g/mol. The van der Waals surface area contributed by atoms with Crippen LogP contribution in [0, 0.1) is 17.7 Å². The highest BCUT2D eigenvalue weighted by molar-refractivity contribution is 5.56. The predicted molar refractivity (Wildman–Crippen MR) is 103 cm³/mol. The molecular formula is C22H19FN2O2. The van der Waals surface area contributed by atoms with Crippen LogP contribution in [0.5, 0.6) is 5.75 Å². The van der Waals surface area contributed by atoms with Crippen molar-refractivity contribution in [3.8, 4) is 17.6 Å². The van der Waals surface area contributed by atoms with Crippen molar-refractivity contribution < 1.29 is 13.9 Å². The number of benzene rings is 2. The van der Waals surface area contributed by atoms with Crippen LogP contribution in [-0.4, -0.2) is 18.2 Å². The van der Waals surface area contributed by atoms with Crippen LogP contribution in [0.4, 0.5) is 10.1 Å². The van der Waals surface area contributed by atoms with Crippen LogP contribution >= 0.6 is 0 Å². The number of halogens is 1. The third-order valence-electron chi connectivity index (χ3n) is 3.73. The van der Waals surface area contributed by atoms with E-state index in [1.807, 2.05) is 30.3 Å². The monoisotopic (exact) mass is 362 g/mol. The topological polar surface area (TPSA) is 57.4 Å². The molecule has 0 radical (unpaired) electrons. The Kier molecular flexibility index (Phi) is 6.40. The predicted octanol–water partition coefficient (Wildman–Crippen LogP) is 3.80. The average Bonchev–Trinajstić information content (AvgIpc) is 2.70. The molecule has 0 fully saturated rings. The molecule has 5 heteroatoms. The molecule has 0 bridgehead atoms. The van der Waals surface area contributed by atoms with Gasteiger partial charge in [-0.2, -0.15) is 0 Å². The molecule has 0 aliphatic heterocycles. The summed E-state index contributed by atoms with van der Waals surface area (Å²) in [6, 6.07) is 16.1. The van der Waals surface area contributed by atoms with E-state index >= 15 is 0 Å². The number of aromatic nitrogens is 1. The van der Waals surface area contributed by atoms with E-state index in [1.54, 1.807) is 24.4 Å². The molecule has 2 aromatic carbocycles. The molecular weight excluding hydrogens is 343 g/mol. The van der Waals surface area contributed by atoms with Gasteiger partial charge in [0.1, 0.15) is 18.2 Å². The molecule has 0 unspecified atom stereocenters. The van der Waals surface area contributed by atoms with Gasteiger partial charge in [-0.05, 0) is 29.8 Å². The van der Waals surface area contributed by atoms with Gasteiger partial charge in [0.2, 0.25) is 0 Å². The summed E-state index contributed by atoms with van der Waals surface area (Å²) in [4.78, 5) is 3.90. The van der Waals surface area contributed by atoms with E-state index in [4.69, 9.17) is 15.2 Å². The summed E-state index contributed by atoms with van der Waals surface area (Å²) in [5.74, 6) is 5.77. The van der Waals surface area contributed by atoms with Gasteiger partial charge in [-0.15, -0.1) is 0 Å². The lowest BCUT2D eigenvalue weighted by Gasteiger charge is -2.08. The lowest BCUT2D eigenvalue weighted by molar-refractivity contribution is 0.0889. The van der Waals surface area contributed by atoms with Gasteiger partial charge in [0.25, 0.3) is 0 Å². The van der Waals surface area contributed by atoms with Crippen molar-refractivity contribution in [2.45, 2.75) is 6.61 Å². The Balaban J connectivity index is 1.55. The zero-order chi connectivity index (χ0) is 18.9. The maximum atomic E-state index is 14.0. The molecule has 0 atom stereocenters. The van der Waals surface area contributed by atoms with Gasteiger partial charge in [-0.1, -0.05) is 42.2 Å². The van der Waals surface area contributed by atoms with E-state index < -0.39 is 5.82 Å². The van der Waals surface area contributed by atoms with Crippen molar-refractivity contribution in [3.63, 3.8) is 0 Å². The molecule has 3 rings (SSSR count). The molecule has 4 nitrogen and oxygen atoms in total. The smallest absolute Gasteiger partial charge is 0.139 e. The highest BCUT2D eigenvalue weighted by Crippen LogP contribution is 2.17. The Labute approximate surface area is 157 Å². The first-order valence-corrected chi connectivity index (χ1v) is 8.48. The summed E-state index contributed by atoms with van der Waals surface area (Å²) in [5, 5.41) is 0. The Bertz CT molecular complexity index is 949. The minimum atomic E-state index is -0.414. The van der Waals surface area contributed by atoms with Crippen LogP contribution in [0.25, 0.3) is 0 Å². The van der Waals surface area contributed by atoms with Gasteiger partial charge in [0.15, 0.2) is 0 Å². The zero-order valence-electron chi connectivity index (χ0n) is 14.7. The van der Waals surface area contributed by atoms with Gasteiger partial charge in [0, 0.05) is 6.20 Å². The van der Waals surface area contributed by atoms with Crippen molar-refractivity contribution >= 4 is 5.69 Å². The van der Waals surface area contributed by atoms with Crippen LogP contribution in [0.1, 0.15) is 16.7 Å². The molecule has 0 aliphatic rings. The van der Waals surface area contributed by atoms with E-state index in [0.29, 0.717) is 36.8 Å². The number of hydrogen-bond acceptors (Lipinski definition) is 4. The fourth-order valence-corrected chi connectivity index (χ4v) is 2.33. The first-order valence-electron chi connectivity index (χ1n) is 8.48. The zero-order valence-corrected chi connectivity index (χ0v) is 14.7. The molecule has 1 aromatic heterocycles. The number of nitrogens with zero attached hydrogens (tertiary/aromatic N) is 1. The number of anilines is 1. The van der Waals surface area contributed by atoms with E-state index in [9.17, 15) is 4.39 Å². The summed E-state index contributed by atoms with van der Waals surface area (Å²) >= 11 is 0. The maximum absolute atomic E-state index is 14.0. The normalized spacial score (nSPS) is 10.1. The molecule has 0 saturated carbocycles. The lowest BCUT2D eigenvalue weighted by Crippen LogP contribution is -2.07. The third kappa shape index (κ3) is 5.56. The fourth-order valence-electron chi connectivity index (χ4n) is 2.33. The Morgan fingerprint density at radius 1 is 0.963 bits per heavy atom. The summed E-state index contributed by atoms with van der Waals surface area (Å²) in [6.45, 7) is 1.32. The molecule has 0 aliphatic carbocycles. The minimum absolute atomic E-state index is 0.244. The summed E-state index contributed by atoms with van der Waals surface area (Å²) in [5.41, 5.74) is 8.19. The molecule has 1 heterocycles. The maximum Gasteiger partial charge on any atom is 0.139 e. The second-order valence-corrected chi connectivity index (χ2v) is 5.74. The number of ether oxygens (including phenoxy) is 2. The number of nitrogen functional groups attached to an aromatic ring is 1. The van der Waals surface area contributed by atoms with Crippen LogP contribution in [0.2, 0.25) is 0 Å². The van der Waals surface area contributed by atoms with Gasteiger partial charge in [-0.25, -0.2) is 4.39 Å². The molecule has 27 heavy (non-hydrogen) atoms. The fraction of sp³-hybridized carbons (Fsp3) is 0.136. The number of nitrogens with two attached hydrogens (primary N) is 1. The van der Waals surface area contributed by atoms with Gasteiger partial charge < -0.3 is 15.2 Å². The molecule has 0 saturated heterocycles. The quantitative estimate of drug-likeness (QED) is 0.535. The summed E-state index contributed by atoms with van der Waals surface area (Å²) < 4.78 is 25.2. The first-order chi connectivity index (χ1) is 13.2. The largest absolute Gasteiger partial charge is 0.491 e. The first kappa shape index (κ1) is 18.4. The highest BCUT2D eigenvalue weighted by atomic mass is 19.1. The van der Waals surface area contributed by atoms with E-state index in [1.165, 1.54) is 12.3 Å². The van der Waals surface area contributed by atoms with E-state index in [0.717, 1.165) is 5.56 Å². The van der Waals surface area contributed by atoms with Crippen LogP contribution in [-0.2, 0) is 11.3 Å². The van der Waals surface area contributed by atoms with Crippen LogP contribution < -0.4 is 10.5 Å². The number of pyridine rings is 1. The molecule has 136 valence electrons. The van der Waals surface area contributed by atoms with E-state index in [-0.39, 0.29) is 5.56 Å². The Morgan fingerprint density at radius 2 is 1.78 bits per heavy atom. The standard InChI is InChI=1S/C22H19FN2O2/c23-21-9-8-20(27-13-12-26-16-17-4-2-1-3-5-17)14-19(21)7-6-18-10-11-25-15-22(18)24/h1-5,8-11,14-15H,12-13,16,24H2. The SMILES string of the molecule is Nc1cnccc1C#Cc1cc(OCCOCc2ccccc2)ccc1F. The summed E-state index contributed by atoms with van der Waals surface area (Å²) in [7, 11) is 0. The van der Waals surface area contributed by atoms with Crippen molar-refractivity contribution in [1.29, 1.82) is 0 Å². The van der Waals surface area contributed by atoms with Crippen molar-refractivity contribution in [3.05, 3.63) is 89.5 Å². The van der Waals surface area contributed by atoms with Crippen molar-refractivity contribution in [2.24, 2.45) is 0 Å². The minimum Gasteiger partial charge on any atom is -0.491 e.